The van der Waals surface area contributed by atoms with Crippen LogP contribution in [0, 0.1) is 29.5 Å². The predicted octanol–water partition coefficient (Wildman–Crippen LogP) is 0.731. The molecule has 1 amide bonds. The minimum absolute atomic E-state index is 0.0175. The van der Waals surface area contributed by atoms with Crippen molar-refractivity contribution in [2.24, 2.45) is 23.7 Å². The lowest BCUT2D eigenvalue weighted by Gasteiger charge is -2.37. The second-order valence-electron chi connectivity index (χ2n) is 8.69. The van der Waals surface area contributed by atoms with E-state index in [4.69, 9.17) is 4.74 Å². The summed E-state index contributed by atoms with van der Waals surface area (Å²) < 4.78 is 19.2. The van der Waals surface area contributed by atoms with Gasteiger partial charge < -0.3 is 20.1 Å². The van der Waals surface area contributed by atoms with Crippen molar-refractivity contribution in [2.75, 3.05) is 18.0 Å². The van der Waals surface area contributed by atoms with Crippen LogP contribution in [0.2, 0.25) is 0 Å². The first-order valence-electron chi connectivity index (χ1n) is 9.86. The zero-order valence-corrected chi connectivity index (χ0v) is 15.3. The van der Waals surface area contributed by atoms with Gasteiger partial charge in [-0.05, 0) is 25.2 Å². The molecule has 0 spiro atoms. The highest BCUT2D eigenvalue weighted by atomic mass is 19.1. The van der Waals surface area contributed by atoms with Gasteiger partial charge in [0.05, 0.1) is 36.6 Å². The molecular formula is C19H25FN4O3. The van der Waals surface area contributed by atoms with E-state index in [1.807, 2.05) is 4.90 Å². The van der Waals surface area contributed by atoms with Gasteiger partial charge in [0.25, 0.3) is 0 Å². The van der Waals surface area contributed by atoms with Crippen LogP contribution in [0.25, 0.3) is 0 Å². The molecule has 2 N–H and O–H groups in total. The molecule has 0 aromatic carbocycles. The number of rotatable bonds is 3. The zero-order chi connectivity index (χ0) is 18.7. The van der Waals surface area contributed by atoms with Crippen LogP contribution in [-0.2, 0) is 9.53 Å². The number of amides is 1. The van der Waals surface area contributed by atoms with Crippen LogP contribution >= 0.6 is 0 Å². The lowest BCUT2D eigenvalue weighted by Crippen LogP contribution is -2.50. The molecule has 1 unspecified atom stereocenters. The topological polar surface area (TPSA) is 87.6 Å². The molecule has 4 heterocycles. The molecule has 2 bridgehead atoms. The number of aromatic nitrogens is 2. The van der Waals surface area contributed by atoms with Crippen LogP contribution < -0.4 is 10.2 Å². The number of nitrogens with zero attached hydrogens (tertiary/aromatic N) is 3. The van der Waals surface area contributed by atoms with E-state index in [9.17, 15) is 14.3 Å². The van der Waals surface area contributed by atoms with Crippen molar-refractivity contribution in [3.8, 4) is 0 Å². The summed E-state index contributed by atoms with van der Waals surface area (Å²) in [4.78, 5) is 22.9. The molecule has 1 aliphatic carbocycles. The van der Waals surface area contributed by atoms with Crippen molar-refractivity contribution in [2.45, 2.75) is 50.5 Å². The van der Waals surface area contributed by atoms with E-state index in [-0.39, 0.29) is 41.9 Å². The number of hydrogen-bond acceptors (Lipinski definition) is 6. The fraction of sp³-hybridized carbons (Fsp3) is 0.737. The Bertz CT molecular complexity index is 726. The fourth-order valence-corrected chi connectivity index (χ4v) is 5.41. The van der Waals surface area contributed by atoms with E-state index in [1.54, 1.807) is 0 Å². The predicted molar refractivity (Wildman–Crippen MR) is 94.3 cm³/mol. The lowest BCUT2D eigenvalue weighted by molar-refractivity contribution is -0.141. The van der Waals surface area contributed by atoms with E-state index >= 15 is 0 Å². The van der Waals surface area contributed by atoms with Gasteiger partial charge in [-0.2, -0.15) is 0 Å². The SMILES string of the molecule is CC1CC(NC(=O)C2C[C@@H]3O[C@H]2[C@H]2CN(c4ncc(F)cn4)C[C@H]2[C@@H]3O)C1. The van der Waals surface area contributed by atoms with Gasteiger partial charge in [-0.25, -0.2) is 14.4 Å². The summed E-state index contributed by atoms with van der Waals surface area (Å²) in [6, 6.07) is 0.279. The molecule has 8 heteroatoms. The summed E-state index contributed by atoms with van der Waals surface area (Å²) >= 11 is 0. The van der Waals surface area contributed by atoms with Crippen molar-refractivity contribution in [3.63, 3.8) is 0 Å². The Hall–Kier alpha value is -1.80. The molecule has 1 aromatic heterocycles. The molecule has 27 heavy (non-hydrogen) atoms. The molecule has 5 rings (SSSR count). The van der Waals surface area contributed by atoms with Gasteiger partial charge in [-0.1, -0.05) is 6.92 Å². The molecule has 1 saturated carbocycles. The molecule has 7 nitrogen and oxygen atoms in total. The van der Waals surface area contributed by atoms with E-state index in [0.717, 1.165) is 25.2 Å². The van der Waals surface area contributed by atoms with Gasteiger partial charge in [-0.15, -0.1) is 0 Å². The Morgan fingerprint density at radius 1 is 1.26 bits per heavy atom. The Kier molecular flexibility index (Phi) is 4.09. The molecule has 4 fully saturated rings. The van der Waals surface area contributed by atoms with Crippen LogP contribution in [0.15, 0.2) is 12.4 Å². The third kappa shape index (κ3) is 2.89. The smallest absolute Gasteiger partial charge is 0.226 e. The summed E-state index contributed by atoms with van der Waals surface area (Å²) in [7, 11) is 0. The van der Waals surface area contributed by atoms with Gasteiger partial charge in [0.1, 0.15) is 0 Å². The Labute approximate surface area is 157 Å². The minimum Gasteiger partial charge on any atom is -0.390 e. The normalized spacial score (nSPS) is 42.6. The van der Waals surface area contributed by atoms with Crippen molar-refractivity contribution < 1.29 is 19.0 Å². The number of aliphatic hydroxyl groups excluding tert-OH is 1. The van der Waals surface area contributed by atoms with Crippen LogP contribution in [0.1, 0.15) is 26.2 Å². The highest BCUT2D eigenvalue weighted by Crippen LogP contribution is 2.47. The monoisotopic (exact) mass is 376 g/mol. The third-order valence-electron chi connectivity index (χ3n) is 6.82. The van der Waals surface area contributed by atoms with Crippen molar-refractivity contribution in [1.29, 1.82) is 0 Å². The average molecular weight is 376 g/mol. The number of nitrogens with one attached hydrogen (secondary N) is 1. The number of aliphatic hydroxyl groups is 1. The van der Waals surface area contributed by atoms with E-state index in [0.29, 0.717) is 31.4 Å². The number of ether oxygens (including phenoxy) is 1. The summed E-state index contributed by atoms with van der Waals surface area (Å²) in [5.41, 5.74) is 0. The molecule has 1 aromatic rings. The average Bonchev–Trinajstić information content (AvgIpc) is 3.23. The van der Waals surface area contributed by atoms with E-state index in [2.05, 4.69) is 22.2 Å². The number of anilines is 1. The van der Waals surface area contributed by atoms with Crippen LogP contribution in [0.3, 0.4) is 0 Å². The fourth-order valence-electron chi connectivity index (χ4n) is 5.41. The highest BCUT2D eigenvalue weighted by Gasteiger charge is 2.58. The quantitative estimate of drug-likeness (QED) is 0.809. The molecular weight excluding hydrogens is 351 g/mol. The maximum Gasteiger partial charge on any atom is 0.226 e. The zero-order valence-electron chi connectivity index (χ0n) is 15.3. The number of fused-ring (bicyclic) bond motifs is 4. The minimum atomic E-state index is -0.599. The van der Waals surface area contributed by atoms with Gasteiger partial charge in [0.2, 0.25) is 11.9 Å². The lowest BCUT2D eigenvalue weighted by atomic mass is 9.80. The first-order valence-corrected chi connectivity index (χ1v) is 9.86. The van der Waals surface area contributed by atoms with Gasteiger partial charge in [0, 0.05) is 31.0 Å². The molecule has 4 aliphatic rings. The number of hydrogen-bond donors (Lipinski definition) is 2. The molecule has 0 radical (unpaired) electrons. The highest BCUT2D eigenvalue weighted by molar-refractivity contribution is 5.80. The van der Waals surface area contributed by atoms with Gasteiger partial charge >= 0.3 is 0 Å². The van der Waals surface area contributed by atoms with E-state index in [1.165, 1.54) is 0 Å². The second-order valence-corrected chi connectivity index (χ2v) is 8.69. The third-order valence-corrected chi connectivity index (χ3v) is 6.82. The number of carbonyl (C=O) groups excluding carboxylic acids is 1. The maximum absolute atomic E-state index is 13.1. The van der Waals surface area contributed by atoms with Crippen molar-refractivity contribution >= 4 is 11.9 Å². The largest absolute Gasteiger partial charge is 0.390 e. The summed E-state index contributed by atoms with van der Waals surface area (Å²) in [6.45, 7) is 3.40. The van der Waals surface area contributed by atoms with Crippen molar-refractivity contribution in [1.82, 2.24) is 15.3 Å². The molecule has 3 saturated heterocycles. The number of carbonyl (C=O) groups is 1. The Morgan fingerprint density at radius 3 is 2.67 bits per heavy atom. The Morgan fingerprint density at radius 2 is 1.96 bits per heavy atom. The van der Waals surface area contributed by atoms with Crippen LogP contribution in [-0.4, -0.2) is 58.4 Å². The first kappa shape index (κ1) is 17.3. The molecule has 3 aliphatic heterocycles. The van der Waals surface area contributed by atoms with Gasteiger partial charge in [0.15, 0.2) is 5.82 Å². The van der Waals surface area contributed by atoms with Gasteiger partial charge in [-0.3, -0.25) is 4.79 Å². The first-order chi connectivity index (χ1) is 13.0. The maximum atomic E-state index is 13.1. The van der Waals surface area contributed by atoms with Crippen LogP contribution in [0.4, 0.5) is 10.3 Å². The summed E-state index contributed by atoms with van der Waals surface area (Å²) in [6.07, 6.45) is 3.89. The molecule has 146 valence electrons. The number of halogens is 1. The standard InChI is InChI=1S/C19H25FN4O3/c1-9-2-11(3-9)23-18(26)12-4-15-16(25)13-7-24(8-14(13)17(12)27-15)19-21-5-10(20)6-22-19/h5-6,9,11-17,25H,2-4,7-8H2,1H3,(H,23,26)/t9?,11?,12?,13-,14+,15+,16+,17-/m1/s1. The molecule has 6 atom stereocenters. The van der Waals surface area contributed by atoms with E-state index < -0.39 is 11.9 Å². The summed E-state index contributed by atoms with van der Waals surface area (Å²) in [5.74, 6) is 0.568. The van der Waals surface area contributed by atoms with Crippen LogP contribution in [0.5, 0.6) is 0 Å². The Balaban J connectivity index is 1.31. The summed E-state index contributed by atoms with van der Waals surface area (Å²) in [5, 5.41) is 13.9. The second kappa shape index (κ2) is 6.38. The van der Waals surface area contributed by atoms with Crippen molar-refractivity contribution in [3.05, 3.63) is 18.2 Å².